The van der Waals surface area contributed by atoms with E-state index >= 15 is 0 Å². The van der Waals surface area contributed by atoms with Crippen molar-refractivity contribution in [1.29, 1.82) is 0 Å². The second kappa shape index (κ2) is 6.42. The van der Waals surface area contributed by atoms with Crippen LogP contribution in [0.25, 0.3) is 10.2 Å². The van der Waals surface area contributed by atoms with Crippen LogP contribution in [-0.4, -0.2) is 56.8 Å². The number of aromatic nitrogens is 3. The van der Waals surface area contributed by atoms with E-state index in [0.717, 1.165) is 61.2 Å². The van der Waals surface area contributed by atoms with Gasteiger partial charge in [-0.2, -0.15) is 0 Å². The standard InChI is InChI=1S/C20H23N5OS/c1-2-25-8-5-16-18(22-12-21-16)20(25)6-9-24(10-7-20)19(26)14-3-4-15-17(11-14)27-13-23-15/h3-4,11-13H,2,5-10H2,1H3,(H,21,22). The molecule has 0 aliphatic carbocycles. The molecule has 1 aromatic carbocycles. The molecule has 4 heterocycles. The first-order valence-corrected chi connectivity index (χ1v) is 10.5. The van der Waals surface area contributed by atoms with Gasteiger partial charge in [0.25, 0.3) is 5.91 Å². The fraction of sp³-hybridized carbons (Fsp3) is 0.450. The van der Waals surface area contributed by atoms with Crippen LogP contribution in [0.5, 0.6) is 0 Å². The topological polar surface area (TPSA) is 65.1 Å². The maximum absolute atomic E-state index is 13.1. The molecule has 5 rings (SSSR count). The fourth-order valence-electron chi connectivity index (χ4n) is 4.79. The zero-order valence-electron chi connectivity index (χ0n) is 15.4. The maximum atomic E-state index is 13.1. The second-order valence-electron chi connectivity index (χ2n) is 7.42. The quantitative estimate of drug-likeness (QED) is 0.741. The van der Waals surface area contributed by atoms with Gasteiger partial charge in [0.2, 0.25) is 0 Å². The minimum Gasteiger partial charge on any atom is -0.348 e. The number of fused-ring (bicyclic) bond motifs is 3. The van der Waals surface area contributed by atoms with E-state index in [0.29, 0.717) is 0 Å². The predicted octanol–water partition coefficient (Wildman–Crippen LogP) is 3.03. The zero-order chi connectivity index (χ0) is 18.4. The number of nitrogens with zero attached hydrogens (tertiary/aromatic N) is 4. The summed E-state index contributed by atoms with van der Waals surface area (Å²) in [7, 11) is 0. The van der Waals surface area contributed by atoms with E-state index < -0.39 is 0 Å². The van der Waals surface area contributed by atoms with E-state index in [1.165, 1.54) is 11.4 Å². The minimum atomic E-state index is -0.0270. The van der Waals surface area contributed by atoms with Gasteiger partial charge in [-0.05, 0) is 37.6 Å². The van der Waals surface area contributed by atoms with Gasteiger partial charge < -0.3 is 9.88 Å². The van der Waals surface area contributed by atoms with Crippen LogP contribution in [0.4, 0.5) is 0 Å². The van der Waals surface area contributed by atoms with Crippen LogP contribution < -0.4 is 0 Å². The number of aromatic amines is 1. The van der Waals surface area contributed by atoms with Crippen LogP contribution >= 0.6 is 11.3 Å². The lowest BCUT2D eigenvalue weighted by Gasteiger charge is -2.50. The van der Waals surface area contributed by atoms with Crippen molar-refractivity contribution < 1.29 is 4.79 Å². The molecule has 0 radical (unpaired) electrons. The van der Waals surface area contributed by atoms with Gasteiger partial charge >= 0.3 is 0 Å². The summed E-state index contributed by atoms with van der Waals surface area (Å²) >= 11 is 1.58. The Hall–Kier alpha value is -2.25. The lowest BCUT2D eigenvalue weighted by molar-refractivity contribution is 0.0103. The zero-order valence-corrected chi connectivity index (χ0v) is 16.3. The molecule has 0 bridgehead atoms. The van der Waals surface area contributed by atoms with E-state index in [1.807, 2.05) is 34.9 Å². The molecule has 1 amide bonds. The number of benzene rings is 1. The first kappa shape index (κ1) is 16.9. The number of amides is 1. The molecule has 27 heavy (non-hydrogen) atoms. The molecule has 2 aromatic heterocycles. The highest BCUT2D eigenvalue weighted by Crippen LogP contribution is 2.42. The Bertz CT molecular complexity index is 985. The minimum absolute atomic E-state index is 0.0270. The Labute approximate surface area is 162 Å². The highest BCUT2D eigenvalue weighted by molar-refractivity contribution is 7.16. The molecule has 1 fully saturated rings. The number of piperidine rings is 1. The van der Waals surface area contributed by atoms with E-state index in [-0.39, 0.29) is 11.4 Å². The number of rotatable bonds is 2. The molecule has 1 saturated heterocycles. The summed E-state index contributed by atoms with van der Waals surface area (Å²) in [5.74, 6) is 0.126. The molecular formula is C20H23N5OS. The van der Waals surface area contributed by atoms with Gasteiger partial charge in [0.15, 0.2) is 0 Å². The Kier molecular flexibility index (Phi) is 4.02. The molecule has 140 valence electrons. The van der Waals surface area contributed by atoms with Crippen molar-refractivity contribution in [2.24, 2.45) is 0 Å². The number of nitrogens with one attached hydrogen (secondary N) is 1. The third kappa shape index (κ3) is 2.60. The SMILES string of the molecule is CCN1CCc2[nH]cnc2C12CCN(C(=O)c1ccc3ncsc3c1)CC2. The Morgan fingerprint density at radius 1 is 1.26 bits per heavy atom. The normalized spacial score (nSPS) is 19.5. The van der Waals surface area contributed by atoms with E-state index in [2.05, 4.69) is 26.8 Å². The summed E-state index contributed by atoms with van der Waals surface area (Å²) < 4.78 is 1.07. The summed E-state index contributed by atoms with van der Waals surface area (Å²) in [6.07, 6.45) is 4.73. The summed E-state index contributed by atoms with van der Waals surface area (Å²) in [4.78, 5) is 29.9. The number of carbonyl (C=O) groups is 1. The molecule has 6 nitrogen and oxygen atoms in total. The van der Waals surface area contributed by atoms with E-state index in [4.69, 9.17) is 0 Å². The van der Waals surface area contributed by atoms with Crippen molar-refractivity contribution >= 4 is 27.5 Å². The van der Waals surface area contributed by atoms with Gasteiger partial charge in [0.05, 0.1) is 33.3 Å². The number of H-pyrrole nitrogens is 1. The smallest absolute Gasteiger partial charge is 0.253 e. The van der Waals surface area contributed by atoms with Gasteiger partial charge in [-0.1, -0.05) is 6.92 Å². The molecule has 2 aliphatic rings. The van der Waals surface area contributed by atoms with Crippen molar-refractivity contribution in [2.75, 3.05) is 26.2 Å². The molecule has 1 spiro atoms. The van der Waals surface area contributed by atoms with Crippen LogP contribution in [0.3, 0.4) is 0 Å². The molecule has 0 atom stereocenters. The van der Waals surface area contributed by atoms with E-state index in [9.17, 15) is 4.79 Å². The monoisotopic (exact) mass is 381 g/mol. The molecule has 7 heteroatoms. The predicted molar refractivity (Wildman–Crippen MR) is 106 cm³/mol. The van der Waals surface area contributed by atoms with Crippen LogP contribution in [0.2, 0.25) is 0 Å². The van der Waals surface area contributed by atoms with Crippen LogP contribution in [0, 0.1) is 0 Å². The number of thiazole rings is 1. The highest BCUT2D eigenvalue weighted by atomic mass is 32.1. The average molecular weight is 382 g/mol. The van der Waals surface area contributed by atoms with Crippen molar-refractivity contribution in [3.63, 3.8) is 0 Å². The van der Waals surface area contributed by atoms with Gasteiger partial charge in [-0.15, -0.1) is 11.3 Å². The van der Waals surface area contributed by atoms with E-state index in [1.54, 1.807) is 11.3 Å². The summed E-state index contributed by atoms with van der Waals surface area (Å²) in [5, 5.41) is 0. The van der Waals surface area contributed by atoms with Gasteiger partial charge in [0, 0.05) is 37.3 Å². The number of hydrogen-bond donors (Lipinski definition) is 1. The number of carbonyl (C=O) groups excluding carboxylic acids is 1. The summed E-state index contributed by atoms with van der Waals surface area (Å²) in [5.41, 5.74) is 6.00. The van der Waals surface area contributed by atoms with Crippen molar-refractivity contribution in [3.8, 4) is 0 Å². The molecule has 2 aliphatic heterocycles. The first-order chi connectivity index (χ1) is 13.2. The van der Waals surface area contributed by atoms with Crippen LogP contribution in [0.15, 0.2) is 30.0 Å². The maximum Gasteiger partial charge on any atom is 0.253 e. The summed E-state index contributed by atoms with van der Waals surface area (Å²) in [6.45, 7) is 5.83. The Morgan fingerprint density at radius 2 is 2.11 bits per heavy atom. The lowest BCUT2D eigenvalue weighted by atomic mass is 9.78. The van der Waals surface area contributed by atoms with Crippen molar-refractivity contribution in [3.05, 3.63) is 47.0 Å². The highest BCUT2D eigenvalue weighted by Gasteiger charge is 2.46. The van der Waals surface area contributed by atoms with Crippen molar-refractivity contribution in [1.82, 2.24) is 24.8 Å². The Balaban J connectivity index is 1.38. The molecule has 0 unspecified atom stereocenters. The number of hydrogen-bond acceptors (Lipinski definition) is 5. The third-order valence-electron chi connectivity index (χ3n) is 6.23. The van der Waals surface area contributed by atoms with Gasteiger partial charge in [0.1, 0.15) is 0 Å². The second-order valence-corrected chi connectivity index (χ2v) is 8.30. The molecule has 1 N–H and O–H groups in total. The number of likely N-dealkylation sites (tertiary alicyclic amines) is 1. The fourth-order valence-corrected chi connectivity index (χ4v) is 5.50. The molecular weight excluding hydrogens is 358 g/mol. The number of imidazole rings is 1. The summed E-state index contributed by atoms with van der Waals surface area (Å²) in [6, 6.07) is 5.82. The van der Waals surface area contributed by atoms with Gasteiger partial charge in [-0.25, -0.2) is 9.97 Å². The third-order valence-corrected chi connectivity index (χ3v) is 7.03. The first-order valence-electron chi connectivity index (χ1n) is 9.61. The van der Waals surface area contributed by atoms with Crippen LogP contribution in [-0.2, 0) is 12.0 Å². The van der Waals surface area contributed by atoms with Crippen molar-refractivity contribution in [2.45, 2.75) is 31.7 Å². The number of likely N-dealkylation sites (N-methyl/N-ethyl adjacent to an activating group) is 1. The van der Waals surface area contributed by atoms with Gasteiger partial charge in [-0.3, -0.25) is 9.69 Å². The molecule has 3 aromatic rings. The van der Waals surface area contributed by atoms with Crippen LogP contribution in [0.1, 0.15) is 41.5 Å². The average Bonchev–Trinajstić information content (AvgIpc) is 3.37. The molecule has 0 saturated carbocycles. The largest absolute Gasteiger partial charge is 0.348 e. The Morgan fingerprint density at radius 3 is 2.93 bits per heavy atom. The lowest BCUT2D eigenvalue weighted by Crippen LogP contribution is -2.57.